The smallest absolute Gasteiger partial charge is 0.0726 e. The standard InChI is InChI=1S/C11H22N2O/c1-14-11-5-3-2-4-10(11)13-7-6-9(12)8-13/h9-11H,2-8,12H2,1H3/t9-,10?,11?/m0/s1. The first kappa shape index (κ1) is 10.4. The molecule has 3 heteroatoms. The minimum absolute atomic E-state index is 0.398. The average Bonchev–Trinajstić information content (AvgIpc) is 2.65. The van der Waals surface area contributed by atoms with Gasteiger partial charge in [-0.05, 0) is 19.3 Å². The van der Waals surface area contributed by atoms with Crippen molar-refractivity contribution in [1.82, 2.24) is 4.90 Å². The summed E-state index contributed by atoms with van der Waals surface area (Å²) in [5, 5.41) is 0. The Bertz CT molecular complexity index is 186. The van der Waals surface area contributed by atoms with Crippen LogP contribution in [0.15, 0.2) is 0 Å². The Morgan fingerprint density at radius 2 is 2.00 bits per heavy atom. The van der Waals surface area contributed by atoms with E-state index in [1.807, 2.05) is 7.11 Å². The molecule has 1 saturated carbocycles. The van der Waals surface area contributed by atoms with Crippen molar-refractivity contribution in [2.45, 2.75) is 50.3 Å². The number of nitrogens with zero attached hydrogens (tertiary/aromatic N) is 1. The summed E-state index contributed by atoms with van der Waals surface area (Å²) in [6.45, 7) is 2.25. The zero-order valence-electron chi connectivity index (χ0n) is 9.11. The van der Waals surface area contributed by atoms with E-state index in [4.69, 9.17) is 10.5 Å². The van der Waals surface area contributed by atoms with Crippen LogP contribution in [0.4, 0.5) is 0 Å². The summed E-state index contributed by atoms with van der Waals surface area (Å²) < 4.78 is 5.57. The summed E-state index contributed by atoms with van der Waals surface area (Å²) in [7, 11) is 1.85. The monoisotopic (exact) mass is 198 g/mol. The van der Waals surface area contributed by atoms with Gasteiger partial charge in [-0.2, -0.15) is 0 Å². The molecule has 2 fully saturated rings. The van der Waals surface area contributed by atoms with Crippen LogP contribution in [-0.4, -0.2) is 43.3 Å². The summed E-state index contributed by atoms with van der Waals surface area (Å²) in [6.07, 6.45) is 6.82. The van der Waals surface area contributed by atoms with Crippen LogP contribution in [0, 0.1) is 0 Å². The maximum atomic E-state index is 5.94. The summed E-state index contributed by atoms with van der Waals surface area (Å²) >= 11 is 0. The average molecular weight is 198 g/mol. The molecule has 0 bridgehead atoms. The summed E-state index contributed by atoms with van der Waals surface area (Å²) in [5.41, 5.74) is 5.94. The highest BCUT2D eigenvalue weighted by Crippen LogP contribution is 2.27. The molecule has 1 saturated heterocycles. The molecular weight excluding hydrogens is 176 g/mol. The van der Waals surface area contributed by atoms with Crippen molar-refractivity contribution in [3.8, 4) is 0 Å². The Labute approximate surface area is 86.6 Å². The number of hydrogen-bond acceptors (Lipinski definition) is 3. The van der Waals surface area contributed by atoms with E-state index in [2.05, 4.69) is 4.90 Å². The minimum atomic E-state index is 0.398. The van der Waals surface area contributed by atoms with Gasteiger partial charge in [0, 0.05) is 32.3 Å². The summed E-state index contributed by atoms with van der Waals surface area (Å²) in [5.74, 6) is 0. The van der Waals surface area contributed by atoms with Crippen LogP contribution in [0.2, 0.25) is 0 Å². The second-order valence-corrected chi connectivity index (χ2v) is 4.67. The van der Waals surface area contributed by atoms with Crippen molar-refractivity contribution >= 4 is 0 Å². The lowest BCUT2D eigenvalue weighted by atomic mass is 9.91. The van der Waals surface area contributed by atoms with Crippen molar-refractivity contribution < 1.29 is 4.74 Å². The molecule has 0 amide bonds. The lowest BCUT2D eigenvalue weighted by Crippen LogP contribution is -2.46. The first-order valence-electron chi connectivity index (χ1n) is 5.83. The van der Waals surface area contributed by atoms with E-state index < -0.39 is 0 Å². The van der Waals surface area contributed by atoms with Crippen molar-refractivity contribution in [3.05, 3.63) is 0 Å². The fraction of sp³-hybridized carbons (Fsp3) is 1.00. The predicted molar refractivity (Wildman–Crippen MR) is 57.2 cm³/mol. The number of rotatable bonds is 2. The molecule has 2 N–H and O–H groups in total. The Kier molecular flexibility index (Phi) is 3.42. The zero-order chi connectivity index (χ0) is 9.97. The fourth-order valence-electron chi connectivity index (χ4n) is 2.89. The first-order chi connectivity index (χ1) is 6.81. The van der Waals surface area contributed by atoms with Gasteiger partial charge in [0.25, 0.3) is 0 Å². The topological polar surface area (TPSA) is 38.5 Å². The van der Waals surface area contributed by atoms with Gasteiger partial charge in [0.15, 0.2) is 0 Å². The Morgan fingerprint density at radius 3 is 2.64 bits per heavy atom. The van der Waals surface area contributed by atoms with Gasteiger partial charge < -0.3 is 10.5 Å². The van der Waals surface area contributed by atoms with Gasteiger partial charge in [-0.1, -0.05) is 12.8 Å². The van der Waals surface area contributed by atoms with Crippen LogP contribution in [0.25, 0.3) is 0 Å². The van der Waals surface area contributed by atoms with Crippen LogP contribution >= 0.6 is 0 Å². The van der Waals surface area contributed by atoms with Crippen molar-refractivity contribution in [2.24, 2.45) is 5.73 Å². The van der Waals surface area contributed by atoms with Gasteiger partial charge in [-0.15, -0.1) is 0 Å². The second-order valence-electron chi connectivity index (χ2n) is 4.67. The normalized spacial score (nSPS) is 40.3. The Morgan fingerprint density at radius 1 is 1.21 bits per heavy atom. The molecule has 1 aliphatic heterocycles. The highest BCUT2D eigenvalue weighted by Gasteiger charge is 2.33. The molecule has 14 heavy (non-hydrogen) atoms. The lowest BCUT2D eigenvalue weighted by molar-refractivity contribution is -0.00313. The number of ether oxygens (including phenoxy) is 1. The highest BCUT2D eigenvalue weighted by atomic mass is 16.5. The van der Waals surface area contributed by atoms with E-state index in [0.29, 0.717) is 18.2 Å². The maximum Gasteiger partial charge on any atom is 0.0726 e. The molecule has 3 nitrogen and oxygen atoms in total. The Balaban J connectivity index is 1.93. The van der Waals surface area contributed by atoms with Gasteiger partial charge in [0.05, 0.1) is 6.10 Å². The van der Waals surface area contributed by atoms with Crippen LogP contribution in [-0.2, 0) is 4.74 Å². The molecule has 1 aliphatic carbocycles. The molecule has 0 spiro atoms. The van der Waals surface area contributed by atoms with E-state index in [0.717, 1.165) is 13.0 Å². The number of methoxy groups -OCH3 is 1. The highest BCUT2D eigenvalue weighted by molar-refractivity contribution is 4.89. The molecular formula is C11H22N2O. The second kappa shape index (κ2) is 4.60. The molecule has 82 valence electrons. The predicted octanol–water partition coefficient (Wildman–Crippen LogP) is 0.977. The molecule has 2 aliphatic rings. The van der Waals surface area contributed by atoms with E-state index >= 15 is 0 Å². The molecule has 1 heterocycles. The van der Waals surface area contributed by atoms with Crippen LogP contribution in [0.3, 0.4) is 0 Å². The quantitative estimate of drug-likeness (QED) is 0.719. The third kappa shape index (κ3) is 2.10. The molecule has 0 aromatic rings. The lowest BCUT2D eigenvalue weighted by Gasteiger charge is -2.37. The van der Waals surface area contributed by atoms with Crippen LogP contribution in [0.1, 0.15) is 32.1 Å². The zero-order valence-corrected chi connectivity index (χ0v) is 9.11. The van der Waals surface area contributed by atoms with Gasteiger partial charge >= 0.3 is 0 Å². The maximum absolute atomic E-state index is 5.94. The van der Waals surface area contributed by atoms with E-state index in [1.54, 1.807) is 0 Å². The number of nitrogens with two attached hydrogens (primary N) is 1. The Hall–Kier alpha value is -0.120. The van der Waals surface area contributed by atoms with E-state index in [-0.39, 0.29) is 0 Å². The molecule has 0 aromatic carbocycles. The van der Waals surface area contributed by atoms with Gasteiger partial charge in [0.2, 0.25) is 0 Å². The molecule has 2 unspecified atom stereocenters. The third-order valence-electron chi connectivity index (χ3n) is 3.70. The minimum Gasteiger partial charge on any atom is -0.380 e. The van der Waals surface area contributed by atoms with E-state index in [1.165, 1.54) is 32.2 Å². The van der Waals surface area contributed by atoms with Crippen LogP contribution < -0.4 is 5.73 Å². The van der Waals surface area contributed by atoms with Crippen molar-refractivity contribution in [2.75, 3.05) is 20.2 Å². The van der Waals surface area contributed by atoms with Gasteiger partial charge in [-0.25, -0.2) is 0 Å². The SMILES string of the molecule is COC1CCCCC1N1CC[C@H](N)C1. The number of hydrogen-bond donors (Lipinski definition) is 1. The summed E-state index contributed by atoms with van der Waals surface area (Å²) in [4.78, 5) is 2.54. The third-order valence-corrected chi connectivity index (χ3v) is 3.70. The molecule has 0 aromatic heterocycles. The molecule has 2 rings (SSSR count). The van der Waals surface area contributed by atoms with Gasteiger partial charge in [0.1, 0.15) is 0 Å². The number of likely N-dealkylation sites (tertiary alicyclic amines) is 1. The molecule has 3 atom stereocenters. The van der Waals surface area contributed by atoms with Crippen molar-refractivity contribution in [3.63, 3.8) is 0 Å². The fourth-order valence-corrected chi connectivity index (χ4v) is 2.89. The first-order valence-corrected chi connectivity index (χ1v) is 5.83. The summed E-state index contributed by atoms with van der Waals surface area (Å²) in [6, 6.07) is 1.04. The van der Waals surface area contributed by atoms with E-state index in [9.17, 15) is 0 Å². The van der Waals surface area contributed by atoms with Crippen molar-refractivity contribution in [1.29, 1.82) is 0 Å². The largest absolute Gasteiger partial charge is 0.380 e. The van der Waals surface area contributed by atoms with Gasteiger partial charge in [-0.3, -0.25) is 4.90 Å². The molecule has 0 radical (unpaired) electrons. The van der Waals surface area contributed by atoms with Crippen LogP contribution in [0.5, 0.6) is 0 Å².